The third-order valence-electron chi connectivity index (χ3n) is 6.96. The van der Waals surface area contributed by atoms with E-state index in [-0.39, 0.29) is 18.9 Å². The monoisotopic (exact) mass is 594 g/mol. The first-order valence-electron chi connectivity index (χ1n) is 14.0. The molecule has 0 aliphatic carbocycles. The van der Waals surface area contributed by atoms with E-state index in [2.05, 4.69) is 5.32 Å². The predicted octanol–water partition coefficient (Wildman–Crippen LogP) is 4.09. The van der Waals surface area contributed by atoms with Gasteiger partial charge in [-0.3, -0.25) is 9.59 Å². The molecule has 0 aromatic heterocycles. The zero-order valence-corrected chi connectivity index (χ0v) is 26.1. The third-order valence-corrected chi connectivity index (χ3v) is 8.77. The molecule has 42 heavy (non-hydrogen) atoms. The van der Waals surface area contributed by atoms with E-state index in [1.54, 1.807) is 19.2 Å². The van der Waals surface area contributed by atoms with Gasteiger partial charge in [-0.25, -0.2) is 4.31 Å². The van der Waals surface area contributed by atoms with Gasteiger partial charge in [-0.15, -0.1) is 0 Å². The molecule has 9 nitrogen and oxygen atoms in total. The summed E-state index contributed by atoms with van der Waals surface area (Å²) < 4.78 is 34.8. The van der Waals surface area contributed by atoms with E-state index >= 15 is 0 Å². The van der Waals surface area contributed by atoms with Crippen molar-refractivity contribution in [2.45, 2.75) is 46.2 Å². The highest BCUT2D eigenvalue weighted by Gasteiger charge is 2.35. The van der Waals surface area contributed by atoms with Gasteiger partial charge in [0.1, 0.15) is 18.3 Å². The van der Waals surface area contributed by atoms with E-state index in [1.807, 2.05) is 81.4 Å². The van der Waals surface area contributed by atoms with Gasteiger partial charge in [0.25, 0.3) is 0 Å². The number of carbonyl (C=O) groups excluding carboxylic acids is 2. The average Bonchev–Trinajstić information content (AvgIpc) is 2.98. The number of hydrogen-bond acceptors (Lipinski definition) is 5. The number of aryl methyl sites for hydroxylation is 2. The summed E-state index contributed by atoms with van der Waals surface area (Å²) in [6.07, 6.45) is 0.991. The maximum absolute atomic E-state index is 14.4. The van der Waals surface area contributed by atoms with Crippen molar-refractivity contribution in [3.63, 3.8) is 0 Å². The van der Waals surface area contributed by atoms with Crippen molar-refractivity contribution in [1.82, 2.24) is 14.5 Å². The quantitative estimate of drug-likeness (QED) is 0.303. The summed E-state index contributed by atoms with van der Waals surface area (Å²) in [6.45, 7) is 5.68. The number of anilines is 1. The van der Waals surface area contributed by atoms with E-state index in [0.29, 0.717) is 23.5 Å². The molecule has 0 saturated heterocycles. The van der Waals surface area contributed by atoms with Crippen LogP contribution < -0.4 is 14.4 Å². The summed E-state index contributed by atoms with van der Waals surface area (Å²) in [7, 11) is 0.364. The molecular weight excluding hydrogens is 552 g/mol. The molecule has 1 N–H and O–H groups in total. The van der Waals surface area contributed by atoms with Gasteiger partial charge >= 0.3 is 10.2 Å². The first kappa shape index (κ1) is 32.6. The number of methoxy groups -OCH3 is 1. The molecule has 3 aromatic rings. The second-order valence-electron chi connectivity index (χ2n) is 10.5. The van der Waals surface area contributed by atoms with E-state index < -0.39 is 28.7 Å². The first-order chi connectivity index (χ1) is 20.0. The third kappa shape index (κ3) is 8.33. The van der Waals surface area contributed by atoms with Gasteiger partial charge in [-0.2, -0.15) is 12.7 Å². The van der Waals surface area contributed by atoms with Gasteiger partial charge in [0.05, 0.1) is 12.8 Å². The number of rotatable bonds is 14. The molecule has 0 radical (unpaired) electrons. The summed E-state index contributed by atoms with van der Waals surface area (Å²) in [5, 5.41) is 2.95. The van der Waals surface area contributed by atoms with Crippen LogP contribution in [0.2, 0.25) is 0 Å². The first-order valence-corrected chi connectivity index (χ1v) is 15.4. The van der Waals surface area contributed by atoms with Crippen molar-refractivity contribution in [2.75, 3.05) is 38.6 Å². The topological polar surface area (TPSA) is 99.3 Å². The average molecular weight is 595 g/mol. The van der Waals surface area contributed by atoms with Crippen molar-refractivity contribution >= 4 is 27.7 Å². The van der Waals surface area contributed by atoms with Crippen molar-refractivity contribution in [1.29, 1.82) is 0 Å². The fourth-order valence-electron chi connectivity index (χ4n) is 4.58. The Morgan fingerprint density at radius 2 is 1.62 bits per heavy atom. The van der Waals surface area contributed by atoms with Gasteiger partial charge in [-0.1, -0.05) is 61.5 Å². The summed E-state index contributed by atoms with van der Waals surface area (Å²) in [5.74, 6) is -0.190. The van der Waals surface area contributed by atoms with Crippen LogP contribution in [0.5, 0.6) is 5.75 Å². The molecule has 10 heteroatoms. The Labute approximate surface area is 250 Å². The van der Waals surface area contributed by atoms with Crippen LogP contribution in [0.3, 0.4) is 0 Å². The Kier molecular flexibility index (Phi) is 11.5. The van der Waals surface area contributed by atoms with Crippen molar-refractivity contribution in [2.24, 2.45) is 0 Å². The summed E-state index contributed by atoms with van der Waals surface area (Å²) in [4.78, 5) is 29.5. The number of carbonyl (C=O) groups is 2. The van der Waals surface area contributed by atoms with E-state index in [1.165, 1.54) is 19.0 Å². The van der Waals surface area contributed by atoms with Gasteiger partial charge in [0, 0.05) is 33.6 Å². The molecule has 0 aliphatic heterocycles. The highest BCUT2D eigenvalue weighted by Crippen LogP contribution is 2.26. The number of nitrogens with one attached hydrogen (secondary N) is 1. The van der Waals surface area contributed by atoms with Crippen molar-refractivity contribution < 1.29 is 22.7 Å². The summed E-state index contributed by atoms with van der Waals surface area (Å²) in [5.41, 5.74) is 3.60. The normalized spacial score (nSPS) is 12.1. The highest BCUT2D eigenvalue weighted by atomic mass is 32.2. The number of nitrogens with zero attached hydrogens (tertiary/aromatic N) is 3. The molecule has 0 aliphatic rings. The maximum atomic E-state index is 14.4. The number of hydrogen-bond donors (Lipinski definition) is 1. The molecule has 0 spiro atoms. The molecule has 0 saturated carbocycles. The Morgan fingerprint density at radius 1 is 0.929 bits per heavy atom. The van der Waals surface area contributed by atoms with Crippen LogP contribution in [0.1, 0.15) is 35.6 Å². The second kappa shape index (κ2) is 14.8. The predicted molar refractivity (Wildman–Crippen MR) is 167 cm³/mol. The molecule has 2 amide bonds. The fourth-order valence-corrected chi connectivity index (χ4v) is 5.69. The lowest BCUT2D eigenvalue weighted by molar-refractivity contribution is -0.140. The minimum Gasteiger partial charge on any atom is -0.497 e. The van der Waals surface area contributed by atoms with Crippen LogP contribution in [0, 0.1) is 13.8 Å². The molecule has 0 fully saturated rings. The standard InChI is InChI=1S/C32H42N4O5S/c1-7-18-33-32(38)30(21-26-12-9-8-10-13-26)35(22-27-14-11-15-28(20-27)41-6)31(37)23-36(42(39,40)34(4)5)29-19-24(2)16-17-25(29)3/h8-17,19-20,30H,7,18,21-23H2,1-6H3,(H,33,38). The van der Waals surface area contributed by atoms with E-state index in [4.69, 9.17) is 4.74 Å². The molecule has 3 aromatic carbocycles. The fraction of sp³-hybridized carbons (Fsp3) is 0.375. The highest BCUT2D eigenvalue weighted by molar-refractivity contribution is 7.90. The van der Waals surface area contributed by atoms with Crippen LogP contribution in [0.4, 0.5) is 5.69 Å². The van der Waals surface area contributed by atoms with Crippen molar-refractivity contribution in [3.05, 3.63) is 95.1 Å². The Hall–Kier alpha value is -3.89. The van der Waals surface area contributed by atoms with Crippen molar-refractivity contribution in [3.8, 4) is 5.75 Å². The number of benzene rings is 3. The zero-order valence-electron chi connectivity index (χ0n) is 25.3. The largest absolute Gasteiger partial charge is 0.497 e. The van der Waals surface area contributed by atoms with Crippen LogP contribution in [0.25, 0.3) is 0 Å². The maximum Gasteiger partial charge on any atom is 0.304 e. The van der Waals surface area contributed by atoms with E-state index in [9.17, 15) is 18.0 Å². The minimum atomic E-state index is -4.06. The summed E-state index contributed by atoms with van der Waals surface area (Å²) in [6, 6.07) is 21.4. The Balaban J connectivity index is 2.13. The van der Waals surface area contributed by atoms with Gasteiger partial charge in [0.2, 0.25) is 11.8 Å². The van der Waals surface area contributed by atoms with Gasteiger partial charge in [0.15, 0.2) is 0 Å². The van der Waals surface area contributed by atoms with E-state index in [0.717, 1.165) is 31.7 Å². The van der Waals surface area contributed by atoms with Crippen LogP contribution in [-0.4, -0.2) is 69.8 Å². The lowest BCUT2D eigenvalue weighted by Gasteiger charge is -2.35. The molecule has 0 heterocycles. The molecule has 1 unspecified atom stereocenters. The van der Waals surface area contributed by atoms with Gasteiger partial charge < -0.3 is 15.0 Å². The van der Waals surface area contributed by atoms with Crippen LogP contribution >= 0.6 is 0 Å². The Bertz CT molecular complexity index is 1460. The minimum absolute atomic E-state index is 0.0791. The molecule has 3 rings (SSSR count). The second-order valence-corrected chi connectivity index (χ2v) is 12.5. The smallest absolute Gasteiger partial charge is 0.304 e. The molecule has 1 atom stereocenters. The summed E-state index contributed by atoms with van der Waals surface area (Å²) >= 11 is 0. The molecule has 226 valence electrons. The van der Waals surface area contributed by atoms with Gasteiger partial charge in [-0.05, 0) is 60.7 Å². The molecule has 0 bridgehead atoms. The lowest BCUT2D eigenvalue weighted by atomic mass is 10.0. The Morgan fingerprint density at radius 3 is 2.26 bits per heavy atom. The van der Waals surface area contributed by atoms with Crippen LogP contribution in [0.15, 0.2) is 72.8 Å². The zero-order chi connectivity index (χ0) is 30.9. The number of amides is 2. The SMILES string of the molecule is CCCNC(=O)C(Cc1ccccc1)N(Cc1cccc(OC)c1)C(=O)CN(c1cc(C)ccc1C)S(=O)(=O)N(C)C. The number of ether oxygens (including phenoxy) is 1. The molecular formula is C32H42N4O5S. The lowest BCUT2D eigenvalue weighted by Crippen LogP contribution is -2.54. The van der Waals surface area contributed by atoms with Crippen LogP contribution in [-0.2, 0) is 32.8 Å².